The van der Waals surface area contributed by atoms with Crippen LogP contribution in [-0.2, 0) is 14.3 Å². The van der Waals surface area contributed by atoms with Gasteiger partial charge in [-0.3, -0.25) is 4.79 Å². The first kappa shape index (κ1) is 17.8. The molecule has 122 valence electrons. The van der Waals surface area contributed by atoms with Gasteiger partial charge in [-0.15, -0.1) is 0 Å². The summed E-state index contributed by atoms with van der Waals surface area (Å²) in [6.45, 7) is 8.56. The van der Waals surface area contributed by atoms with Crippen LogP contribution in [0.4, 0.5) is 4.79 Å². The quantitative estimate of drug-likeness (QED) is 0.779. The molecule has 1 saturated carbocycles. The van der Waals surface area contributed by atoms with E-state index in [2.05, 4.69) is 5.32 Å². The zero-order valence-corrected chi connectivity index (χ0v) is 13.8. The van der Waals surface area contributed by atoms with Gasteiger partial charge in [0, 0.05) is 6.04 Å². The van der Waals surface area contributed by atoms with Gasteiger partial charge in [-0.05, 0) is 53.9 Å². The second-order valence-electron chi connectivity index (χ2n) is 7.22. The monoisotopic (exact) mass is 301 g/mol. The van der Waals surface area contributed by atoms with Gasteiger partial charge in [0.05, 0.1) is 18.1 Å². The first-order valence-electron chi connectivity index (χ1n) is 7.21. The number of carbonyl (C=O) groups is 2. The van der Waals surface area contributed by atoms with E-state index >= 15 is 0 Å². The zero-order chi connectivity index (χ0) is 16.5. The van der Waals surface area contributed by atoms with E-state index in [9.17, 15) is 14.7 Å². The molecule has 0 spiro atoms. The summed E-state index contributed by atoms with van der Waals surface area (Å²) in [5, 5.41) is 13.1. The van der Waals surface area contributed by atoms with Crippen molar-refractivity contribution in [1.82, 2.24) is 5.32 Å². The minimum atomic E-state index is -1.22. The maximum Gasteiger partial charge on any atom is 0.407 e. The number of alkyl carbamates (subject to hydrolysis) is 1. The fraction of sp³-hybridized carbons (Fsp3) is 0.867. The van der Waals surface area contributed by atoms with Crippen molar-refractivity contribution >= 4 is 12.1 Å². The van der Waals surface area contributed by atoms with Gasteiger partial charge in [-0.1, -0.05) is 0 Å². The summed E-state index contributed by atoms with van der Waals surface area (Å²) >= 11 is 0. The molecule has 1 unspecified atom stereocenters. The Morgan fingerprint density at radius 2 is 1.81 bits per heavy atom. The summed E-state index contributed by atoms with van der Waals surface area (Å²) in [5.41, 5.74) is -2.79. The minimum absolute atomic E-state index is 0.217. The Kier molecular flexibility index (Phi) is 4.93. The molecule has 1 aliphatic carbocycles. The van der Waals surface area contributed by atoms with Crippen molar-refractivity contribution in [1.29, 1.82) is 0 Å². The van der Waals surface area contributed by atoms with Crippen LogP contribution < -0.4 is 5.32 Å². The van der Waals surface area contributed by atoms with Crippen molar-refractivity contribution in [3.63, 3.8) is 0 Å². The lowest BCUT2D eigenvalue weighted by molar-refractivity contribution is -0.168. The number of aliphatic hydroxyl groups is 1. The predicted molar refractivity (Wildman–Crippen MR) is 77.8 cm³/mol. The van der Waals surface area contributed by atoms with E-state index in [0.717, 1.165) is 0 Å². The zero-order valence-electron chi connectivity index (χ0n) is 13.8. The van der Waals surface area contributed by atoms with Gasteiger partial charge in [0.2, 0.25) is 0 Å². The molecule has 1 amide bonds. The number of hydrogen-bond acceptors (Lipinski definition) is 5. The maximum atomic E-state index is 12.1. The van der Waals surface area contributed by atoms with Crippen LogP contribution >= 0.6 is 0 Å². The Morgan fingerprint density at radius 1 is 1.24 bits per heavy atom. The van der Waals surface area contributed by atoms with E-state index in [-0.39, 0.29) is 6.04 Å². The van der Waals surface area contributed by atoms with Crippen molar-refractivity contribution < 1.29 is 24.2 Å². The second-order valence-corrected chi connectivity index (χ2v) is 7.22. The summed E-state index contributed by atoms with van der Waals surface area (Å²) in [5.74, 6) is -0.441. The molecule has 0 aromatic rings. The maximum absolute atomic E-state index is 12.1. The molecular weight excluding hydrogens is 274 g/mol. The summed E-state index contributed by atoms with van der Waals surface area (Å²) in [4.78, 5) is 23.9. The van der Waals surface area contributed by atoms with E-state index in [0.29, 0.717) is 19.3 Å². The fourth-order valence-corrected chi connectivity index (χ4v) is 2.83. The second kappa shape index (κ2) is 5.83. The third-order valence-electron chi connectivity index (χ3n) is 3.98. The lowest BCUT2D eigenvalue weighted by Gasteiger charge is -2.37. The minimum Gasteiger partial charge on any atom is -0.469 e. The first-order valence-corrected chi connectivity index (χ1v) is 7.21. The largest absolute Gasteiger partial charge is 0.469 e. The number of ether oxygens (including phenoxy) is 2. The van der Waals surface area contributed by atoms with Crippen molar-refractivity contribution in [3.05, 3.63) is 0 Å². The number of carbonyl (C=O) groups excluding carboxylic acids is 2. The number of amides is 1. The first-order chi connectivity index (χ1) is 9.41. The topological polar surface area (TPSA) is 84.9 Å². The Hall–Kier alpha value is -1.30. The Morgan fingerprint density at radius 3 is 2.24 bits per heavy atom. The fourth-order valence-electron chi connectivity index (χ4n) is 2.83. The smallest absolute Gasteiger partial charge is 0.407 e. The molecule has 0 aromatic carbocycles. The number of esters is 1. The number of methoxy groups -OCH3 is 1. The molecule has 0 bridgehead atoms. The van der Waals surface area contributed by atoms with Gasteiger partial charge in [0.15, 0.2) is 0 Å². The third-order valence-corrected chi connectivity index (χ3v) is 3.98. The molecule has 0 heterocycles. The highest BCUT2D eigenvalue weighted by molar-refractivity contribution is 5.79. The lowest BCUT2D eigenvalue weighted by atomic mass is 9.72. The van der Waals surface area contributed by atoms with Gasteiger partial charge >= 0.3 is 12.1 Å². The molecule has 1 fully saturated rings. The molecule has 6 nitrogen and oxygen atoms in total. The highest BCUT2D eigenvalue weighted by Gasteiger charge is 2.55. The van der Waals surface area contributed by atoms with Crippen molar-refractivity contribution in [2.45, 2.75) is 71.1 Å². The van der Waals surface area contributed by atoms with Crippen molar-refractivity contribution in [2.24, 2.45) is 5.41 Å². The van der Waals surface area contributed by atoms with E-state index in [4.69, 9.17) is 9.47 Å². The van der Waals surface area contributed by atoms with Crippen LogP contribution in [0.2, 0.25) is 0 Å². The number of nitrogens with one attached hydrogen (secondary N) is 1. The van der Waals surface area contributed by atoms with Gasteiger partial charge in [0.25, 0.3) is 0 Å². The van der Waals surface area contributed by atoms with E-state index in [1.54, 1.807) is 34.6 Å². The Bertz CT molecular complexity index is 407. The molecule has 0 saturated heterocycles. The highest BCUT2D eigenvalue weighted by Crippen LogP contribution is 2.47. The molecule has 1 aliphatic rings. The van der Waals surface area contributed by atoms with Gasteiger partial charge in [-0.25, -0.2) is 4.79 Å². The molecule has 0 aliphatic heterocycles. The Balaban J connectivity index is 2.77. The molecule has 0 aromatic heterocycles. The average Bonchev–Trinajstić information content (AvgIpc) is 2.69. The molecule has 21 heavy (non-hydrogen) atoms. The van der Waals surface area contributed by atoms with Crippen LogP contribution in [0.25, 0.3) is 0 Å². The number of hydrogen-bond donors (Lipinski definition) is 2. The third kappa shape index (κ3) is 4.09. The average molecular weight is 301 g/mol. The summed E-state index contributed by atoms with van der Waals surface area (Å²) in [6, 6.07) is -0.217. The highest BCUT2D eigenvalue weighted by atomic mass is 16.6. The van der Waals surface area contributed by atoms with Gasteiger partial charge in [0.1, 0.15) is 5.60 Å². The molecule has 6 heteroatoms. The summed E-state index contributed by atoms with van der Waals surface area (Å²) in [6.07, 6.45) is 0.883. The lowest BCUT2D eigenvalue weighted by Crippen LogP contribution is -2.49. The summed E-state index contributed by atoms with van der Waals surface area (Å²) in [7, 11) is 1.31. The van der Waals surface area contributed by atoms with Gasteiger partial charge < -0.3 is 19.9 Å². The molecular formula is C15H27NO5. The van der Waals surface area contributed by atoms with Crippen LogP contribution in [0, 0.1) is 5.41 Å². The van der Waals surface area contributed by atoms with Crippen LogP contribution in [-0.4, -0.2) is 41.5 Å². The van der Waals surface area contributed by atoms with E-state index < -0.39 is 28.7 Å². The van der Waals surface area contributed by atoms with E-state index in [1.807, 2.05) is 0 Å². The normalized spacial score (nSPS) is 26.3. The number of rotatable bonds is 3. The predicted octanol–water partition coefficient (Wildman–Crippen LogP) is 1.99. The van der Waals surface area contributed by atoms with Crippen LogP contribution in [0.3, 0.4) is 0 Å². The molecule has 0 radical (unpaired) electrons. The SMILES string of the molecule is COC(=O)C1(C(C)(C)O)CC[C@H](NC(=O)OC(C)(C)C)C1. The summed E-state index contributed by atoms with van der Waals surface area (Å²) < 4.78 is 10.1. The van der Waals surface area contributed by atoms with Gasteiger partial charge in [-0.2, -0.15) is 0 Å². The van der Waals surface area contributed by atoms with Crippen molar-refractivity contribution in [2.75, 3.05) is 7.11 Å². The molecule has 2 N–H and O–H groups in total. The van der Waals surface area contributed by atoms with Crippen molar-refractivity contribution in [3.8, 4) is 0 Å². The van der Waals surface area contributed by atoms with Crippen LogP contribution in [0.1, 0.15) is 53.9 Å². The van der Waals surface area contributed by atoms with Crippen LogP contribution in [0.5, 0.6) is 0 Å². The molecule has 1 rings (SSSR count). The van der Waals surface area contributed by atoms with Crippen LogP contribution in [0.15, 0.2) is 0 Å². The van der Waals surface area contributed by atoms with E-state index in [1.165, 1.54) is 7.11 Å². The molecule has 2 atom stereocenters. The Labute approximate surface area is 126 Å². The standard InChI is InChI=1S/C15H27NO5/c1-13(2,3)21-12(18)16-10-7-8-15(9-10,11(17)20-6)14(4,5)19/h10,19H,7-9H2,1-6H3,(H,16,18)/t10-,15?/m0/s1.